The molecular formula is C24H33N3O3S. The number of hydrogen-bond acceptors (Lipinski definition) is 5. The Hall–Kier alpha value is -1.96. The van der Waals surface area contributed by atoms with E-state index in [-0.39, 0.29) is 23.8 Å². The Balaban J connectivity index is 1.49. The first-order valence-electron chi connectivity index (χ1n) is 11.3. The van der Waals surface area contributed by atoms with Gasteiger partial charge in [-0.2, -0.15) is 0 Å². The molecular weight excluding hydrogens is 410 g/mol. The van der Waals surface area contributed by atoms with E-state index in [4.69, 9.17) is 4.74 Å². The first-order valence-corrected chi connectivity index (χ1v) is 12.2. The number of fused-ring (bicyclic) bond motifs is 1. The lowest BCUT2D eigenvalue weighted by molar-refractivity contribution is -0.127. The van der Waals surface area contributed by atoms with Gasteiger partial charge in [0.15, 0.2) is 0 Å². The fourth-order valence-electron chi connectivity index (χ4n) is 4.65. The lowest BCUT2D eigenvalue weighted by Crippen LogP contribution is -2.49. The number of hydrogen-bond donors (Lipinski definition) is 0. The molecule has 0 radical (unpaired) electrons. The Morgan fingerprint density at radius 1 is 1.10 bits per heavy atom. The first kappa shape index (κ1) is 22.2. The number of piperazine rings is 1. The van der Waals surface area contributed by atoms with Crippen molar-refractivity contribution in [1.82, 2.24) is 14.7 Å². The van der Waals surface area contributed by atoms with Gasteiger partial charge >= 0.3 is 0 Å². The van der Waals surface area contributed by atoms with Gasteiger partial charge in [-0.25, -0.2) is 0 Å². The summed E-state index contributed by atoms with van der Waals surface area (Å²) in [6.07, 6.45) is 1.17. The lowest BCUT2D eigenvalue weighted by atomic mass is 9.94. The van der Waals surface area contributed by atoms with Gasteiger partial charge in [0.05, 0.1) is 17.6 Å². The van der Waals surface area contributed by atoms with Crippen LogP contribution in [0.25, 0.3) is 10.1 Å². The van der Waals surface area contributed by atoms with Gasteiger partial charge in [-0.3, -0.25) is 14.5 Å². The minimum Gasteiger partial charge on any atom is -0.377 e. The average molecular weight is 444 g/mol. The molecule has 0 aliphatic carbocycles. The molecule has 1 aromatic carbocycles. The second-order valence-corrected chi connectivity index (χ2v) is 9.90. The number of amides is 2. The van der Waals surface area contributed by atoms with E-state index in [0.717, 1.165) is 67.4 Å². The van der Waals surface area contributed by atoms with E-state index in [0.29, 0.717) is 6.54 Å². The van der Waals surface area contributed by atoms with Gasteiger partial charge in [0.1, 0.15) is 0 Å². The van der Waals surface area contributed by atoms with Gasteiger partial charge in [0, 0.05) is 63.4 Å². The molecule has 6 nitrogen and oxygen atoms in total. The van der Waals surface area contributed by atoms with Crippen LogP contribution >= 0.6 is 11.3 Å². The van der Waals surface area contributed by atoms with Crippen LogP contribution in [0.15, 0.2) is 24.3 Å². The third-order valence-corrected chi connectivity index (χ3v) is 7.56. The Kier molecular flexibility index (Phi) is 6.94. The average Bonchev–Trinajstić information content (AvgIpc) is 3.38. The van der Waals surface area contributed by atoms with Crippen molar-refractivity contribution < 1.29 is 14.3 Å². The molecule has 0 spiro atoms. The molecule has 4 rings (SSSR count). The van der Waals surface area contributed by atoms with E-state index in [1.165, 1.54) is 5.39 Å². The molecule has 1 unspecified atom stereocenters. The molecule has 2 saturated heterocycles. The van der Waals surface area contributed by atoms with Gasteiger partial charge in [0.25, 0.3) is 5.91 Å². The summed E-state index contributed by atoms with van der Waals surface area (Å²) in [7, 11) is 0. The second-order valence-electron chi connectivity index (χ2n) is 8.85. The number of carbonyl (C=O) groups is 2. The molecule has 0 N–H and O–H groups in total. The van der Waals surface area contributed by atoms with Crippen molar-refractivity contribution in [3.05, 3.63) is 34.7 Å². The fraction of sp³-hybridized carbons (Fsp3) is 0.583. The van der Waals surface area contributed by atoms with Gasteiger partial charge in [-0.05, 0) is 37.3 Å². The van der Waals surface area contributed by atoms with Crippen molar-refractivity contribution in [2.24, 2.45) is 0 Å². The molecule has 1 atom stereocenters. The standard InChI is InChI=1S/C24H33N3O3S/c1-17(2)30-15-14-25-10-12-26(13-11-25)24(29)23-22(19-8-9-27(16-19)18(3)28)20-6-4-5-7-21(20)31-23/h4-7,17,19H,8-16H2,1-3H3. The van der Waals surface area contributed by atoms with Gasteiger partial charge in [0.2, 0.25) is 5.91 Å². The largest absolute Gasteiger partial charge is 0.377 e. The smallest absolute Gasteiger partial charge is 0.264 e. The van der Waals surface area contributed by atoms with E-state index >= 15 is 0 Å². The lowest BCUT2D eigenvalue weighted by Gasteiger charge is -2.34. The highest BCUT2D eigenvalue weighted by Crippen LogP contribution is 2.40. The monoisotopic (exact) mass is 443 g/mol. The van der Waals surface area contributed by atoms with Crippen molar-refractivity contribution in [1.29, 1.82) is 0 Å². The maximum Gasteiger partial charge on any atom is 0.264 e. The van der Waals surface area contributed by atoms with E-state index in [1.807, 2.05) is 21.9 Å². The number of carbonyl (C=O) groups excluding carboxylic acids is 2. The molecule has 2 aliphatic rings. The summed E-state index contributed by atoms with van der Waals surface area (Å²) in [5.74, 6) is 0.497. The molecule has 3 heterocycles. The molecule has 0 saturated carbocycles. The predicted octanol–water partition coefficient (Wildman–Crippen LogP) is 3.42. The summed E-state index contributed by atoms with van der Waals surface area (Å²) in [5, 5.41) is 1.18. The third-order valence-electron chi connectivity index (χ3n) is 6.39. The molecule has 31 heavy (non-hydrogen) atoms. The predicted molar refractivity (Wildman–Crippen MR) is 125 cm³/mol. The molecule has 7 heteroatoms. The van der Waals surface area contributed by atoms with Crippen LogP contribution in [0.1, 0.15) is 48.3 Å². The zero-order chi connectivity index (χ0) is 22.0. The summed E-state index contributed by atoms with van der Waals surface area (Å²) < 4.78 is 6.83. The van der Waals surface area contributed by atoms with E-state index in [1.54, 1.807) is 18.3 Å². The van der Waals surface area contributed by atoms with Crippen molar-refractivity contribution in [2.45, 2.75) is 39.2 Å². The van der Waals surface area contributed by atoms with Gasteiger partial charge in [-0.15, -0.1) is 11.3 Å². The Morgan fingerprint density at radius 3 is 2.52 bits per heavy atom. The van der Waals surface area contributed by atoms with E-state index in [2.05, 4.69) is 30.9 Å². The zero-order valence-corrected chi connectivity index (χ0v) is 19.6. The van der Waals surface area contributed by atoms with Crippen LogP contribution in [0.3, 0.4) is 0 Å². The molecule has 0 bridgehead atoms. The first-order chi connectivity index (χ1) is 14.9. The maximum absolute atomic E-state index is 13.6. The SMILES string of the molecule is CC(=O)N1CCC(c2c(C(=O)N3CCN(CCOC(C)C)CC3)sc3ccccc23)C1. The number of rotatable bonds is 6. The fourth-order valence-corrected chi connectivity index (χ4v) is 5.90. The van der Waals surface area contributed by atoms with Crippen molar-refractivity contribution in [2.75, 3.05) is 52.4 Å². The van der Waals surface area contributed by atoms with Crippen molar-refractivity contribution in [3.63, 3.8) is 0 Å². The minimum atomic E-state index is 0.118. The molecule has 2 fully saturated rings. The van der Waals surface area contributed by atoms with Crippen LogP contribution in [0.2, 0.25) is 0 Å². The van der Waals surface area contributed by atoms with Crippen LogP contribution in [0.4, 0.5) is 0 Å². The number of thiophene rings is 1. The van der Waals surface area contributed by atoms with Crippen molar-refractivity contribution >= 4 is 33.2 Å². The summed E-state index contributed by atoms with van der Waals surface area (Å²) >= 11 is 1.61. The highest BCUT2D eigenvalue weighted by atomic mass is 32.1. The zero-order valence-electron chi connectivity index (χ0n) is 18.8. The van der Waals surface area contributed by atoms with E-state index in [9.17, 15) is 9.59 Å². The Labute approximate surface area is 188 Å². The van der Waals surface area contributed by atoms with Crippen LogP contribution in [0, 0.1) is 0 Å². The topological polar surface area (TPSA) is 53.1 Å². The molecule has 2 aromatic rings. The van der Waals surface area contributed by atoms with Crippen LogP contribution < -0.4 is 0 Å². The Bertz CT molecular complexity index is 933. The number of nitrogens with zero attached hydrogens (tertiary/aromatic N) is 3. The highest BCUT2D eigenvalue weighted by Gasteiger charge is 2.33. The maximum atomic E-state index is 13.6. The van der Waals surface area contributed by atoms with Crippen LogP contribution in [-0.2, 0) is 9.53 Å². The highest BCUT2D eigenvalue weighted by molar-refractivity contribution is 7.21. The molecule has 1 aromatic heterocycles. The summed E-state index contributed by atoms with van der Waals surface area (Å²) in [5.41, 5.74) is 1.15. The Morgan fingerprint density at radius 2 is 1.84 bits per heavy atom. The van der Waals surface area contributed by atoms with Crippen molar-refractivity contribution in [3.8, 4) is 0 Å². The number of benzene rings is 1. The molecule has 2 amide bonds. The second kappa shape index (κ2) is 9.67. The minimum absolute atomic E-state index is 0.118. The quantitative estimate of drug-likeness (QED) is 0.687. The molecule has 2 aliphatic heterocycles. The summed E-state index contributed by atoms with van der Waals surface area (Å²) in [6.45, 7) is 12.1. The number of ether oxygens (including phenoxy) is 1. The third kappa shape index (κ3) is 4.94. The summed E-state index contributed by atoms with van der Waals surface area (Å²) in [6, 6.07) is 8.31. The summed E-state index contributed by atoms with van der Waals surface area (Å²) in [4.78, 5) is 32.6. The number of likely N-dealkylation sites (tertiary alicyclic amines) is 1. The van der Waals surface area contributed by atoms with Crippen LogP contribution in [-0.4, -0.2) is 85.0 Å². The molecule has 168 valence electrons. The van der Waals surface area contributed by atoms with Gasteiger partial charge < -0.3 is 14.5 Å². The van der Waals surface area contributed by atoms with Crippen LogP contribution in [0.5, 0.6) is 0 Å². The van der Waals surface area contributed by atoms with Gasteiger partial charge in [-0.1, -0.05) is 18.2 Å². The van der Waals surface area contributed by atoms with E-state index < -0.39 is 0 Å². The normalized spacial score (nSPS) is 20.2.